The molecule has 0 unspecified atom stereocenters. The molecule has 0 N–H and O–H groups in total. The van der Waals surface area contributed by atoms with E-state index in [1.165, 1.54) is 0 Å². The zero-order valence-electron chi connectivity index (χ0n) is 21.8. The van der Waals surface area contributed by atoms with Crippen molar-refractivity contribution in [3.8, 4) is 11.1 Å². The lowest BCUT2D eigenvalue weighted by molar-refractivity contribution is 0.104. The molecule has 0 amide bonds. The molecule has 190 valence electrons. The van der Waals surface area contributed by atoms with Crippen LogP contribution in [0.25, 0.3) is 11.1 Å². The summed E-state index contributed by atoms with van der Waals surface area (Å²) in [4.78, 5) is 18.0. The van der Waals surface area contributed by atoms with E-state index in [0.29, 0.717) is 0 Å². The predicted octanol–water partition coefficient (Wildman–Crippen LogP) is 9.84. The number of rotatable bonds is 6. The van der Waals surface area contributed by atoms with E-state index < -0.39 is 0 Å². The highest BCUT2D eigenvalue weighted by molar-refractivity contribution is 6.22. The molecule has 40 heavy (non-hydrogen) atoms. The first-order valence-corrected chi connectivity index (χ1v) is 13.4. The van der Waals surface area contributed by atoms with Crippen molar-refractivity contribution in [2.24, 2.45) is 0 Å². The van der Waals surface area contributed by atoms with E-state index in [4.69, 9.17) is 0 Å². The van der Waals surface area contributed by atoms with Crippen molar-refractivity contribution in [3.63, 3.8) is 0 Å². The van der Waals surface area contributed by atoms with Gasteiger partial charge in [0.15, 0.2) is 5.78 Å². The molecule has 0 saturated heterocycles. The average molecular weight is 515 g/mol. The maximum Gasteiger partial charge on any atom is 0.194 e. The first-order chi connectivity index (χ1) is 19.8. The van der Waals surface area contributed by atoms with Crippen LogP contribution in [0.2, 0.25) is 0 Å². The van der Waals surface area contributed by atoms with Gasteiger partial charge in [0.05, 0.1) is 0 Å². The maximum atomic E-state index is 13.5. The Hall–Kier alpha value is -5.41. The average Bonchev–Trinajstić information content (AvgIpc) is 3.30. The topological polar surface area (TPSA) is 23.6 Å². The Balaban J connectivity index is 1.38. The Morgan fingerprint density at radius 3 is 0.900 bits per heavy atom. The number of carbonyl (C=O) groups is 1. The van der Waals surface area contributed by atoms with Gasteiger partial charge in [-0.2, -0.15) is 0 Å². The van der Waals surface area contributed by atoms with Crippen LogP contribution in [0, 0.1) is 0 Å². The summed E-state index contributed by atoms with van der Waals surface area (Å²) in [6.07, 6.45) is 0. The van der Waals surface area contributed by atoms with Crippen molar-refractivity contribution in [1.82, 2.24) is 0 Å². The van der Waals surface area contributed by atoms with Crippen molar-refractivity contribution in [2.45, 2.75) is 0 Å². The highest BCUT2D eigenvalue weighted by atomic mass is 16.1. The number of ketones is 1. The minimum absolute atomic E-state index is 0.0695. The van der Waals surface area contributed by atoms with Crippen molar-refractivity contribution in [1.29, 1.82) is 0 Å². The van der Waals surface area contributed by atoms with E-state index in [2.05, 4.69) is 70.5 Å². The number of hydrogen-bond donors (Lipinski definition) is 0. The third-order valence-corrected chi connectivity index (χ3v) is 7.36. The van der Waals surface area contributed by atoms with Gasteiger partial charge in [-0.1, -0.05) is 72.8 Å². The number of hydrogen-bond acceptors (Lipinski definition) is 3. The zero-order valence-corrected chi connectivity index (χ0v) is 21.8. The third kappa shape index (κ3) is 4.14. The van der Waals surface area contributed by atoms with Crippen LogP contribution in [0.15, 0.2) is 158 Å². The molecule has 0 fully saturated rings. The van der Waals surface area contributed by atoms with Crippen LogP contribution >= 0.6 is 0 Å². The summed E-state index contributed by atoms with van der Waals surface area (Å²) in [6.45, 7) is 0. The Labute approximate surface area is 234 Å². The maximum absolute atomic E-state index is 13.5. The molecule has 6 aromatic rings. The highest BCUT2D eigenvalue weighted by Crippen LogP contribution is 2.45. The second kappa shape index (κ2) is 10.0. The molecule has 1 aliphatic carbocycles. The van der Waals surface area contributed by atoms with E-state index in [9.17, 15) is 4.79 Å². The van der Waals surface area contributed by atoms with Crippen LogP contribution in [-0.4, -0.2) is 5.78 Å². The fourth-order valence-electron chi connectivity index (χ4n) is 5.53. The fourth-order valence-corrected chi connectivity index (χ4v) is 5.53. The summed E-state index contributed by atoms with van der Waals surface area (Å²) in [5.74, 6) is 0.0695. The van der Waals surface area contributed by atoms with E-state index in [1.54, 1.807) is 0 Å². The Morgan fingerprint density at radius 1 is 0.300 bits per heavy atom. The summed E-state index contributed by atoms with van der Waals surface area (Å²) in [7, 11) is 0. The molecule has 6 aromatic carbocycles. The molecule has 0 aliphatic heterocycles. The number of anilines is 6. The number of nitrogens with zero attached hydrogens (tertiary/aromatic N) is 2. The van der Waals surface area contributed by atoms with Crippen LogP contribution in [0.4, 0.5) is 34.1 Å². The second-order valence-corrected chi connectivity index (χ2v) is 9.80. The van der Waals surface area contributed by atoms with Crippen LogP contribution in [-0.2, 0) is 0 Å². The molecule has 0 bridgehead atoms. The summed E-state index contributed by atoms with van der Waals surface area (Å²) in [5.41, 5.74) is 9.64. The lowest BCUT2D eigenvalue weighted by atomic mass is 10.0. The molecule has 0 radical (unpaired) electrons. The molecule has 0 atom stereocenters. The molecule has 3 nitrogen and oxygen atoms in total. The van der Waals surface area contributed by atoms with Gasteiger partial charge in [0.1, 0.15) is 0 Å². The largest absolute Gasteiger partial charge is 0.310 e. The van der Waals surface area contributed by atoms with Gasteiger partial charge in [-0.3, -0.25) is 4.79 Å². The van der Waals surface area contributed by atoms with Crippen LogP contribution in [0.1, 0.15) is 15.9 Å². The minimum atomic E-state index is 0.0695. The first kappa shape index (κ1) is 23.7. The molecule has 0 heterocycles. The van der Waals surface area contributed by atoms with Gasteiger partial charge in [-0.15, -0.1) is 0 Å². The molecular weight excluding hydrogens is 488 g/mol. The van der Waals surface area contributed by atoms with Gasteiger partial charge in [0.2, 0.25) is 0 Å². The van der Waals surface area contributed by atoms with Crippen molar-refractivity contribution >= 4 is 39.9 Å². The van der Waals surface area contributed by atoms with Crippen LogP contribution < -0.4 is 9.80 Å². The van der Waals surface area contributed by atoms with Gasteiger partial charge >= 0.3 is 0 Å². The molecule has 0 aromatic heterocycles. The number of benzene rings is 6. The lowest BCUT2D eigenvalue weighted by Crippen LogP contribution is -2.10. The Kier molecular flexibility index (Phi) is 5.95. The van der Waals surface area contributed by atoms with Crippen molar-refractivity contribution in [3.05, 3.63) is 169 Å². The van der Waals surface area contributed by atoms with E-state index in [1.807, 2.05) is 97.1 Å². The first-order valence-electron chi connectivity index (χ1n) is 13.4. The SMILES string of the molecule is O=C1c2ccc(N(c3ccccc3)c3ccccc3)cc2-c2cc(N(c3ccccc3)c3ccccc3)ccc21. The summed E-state index contributed by atoms with van der Waals surface area (Å²) >= 11 is 0. The van der Waals surface area contributed by atoms with Gasteiger partial charge < -0.3 is 9.80 Å². The fraction of sp³-hybridized carbons (Fsp3) is 0. The summed E-state index contributed by atoms with van der Waals surface area (Å²) < 4.78 is 0. The molecule has 0 spiro atoms. The van der Waals surface area contributed by atoms with Gasteiger partial charge in [-0.05, 0) is 96.1 Å². The third-order valence-electron chi connectivity index (χ3n) is 7.36. The zero-order chi connectivity index (χ0) is 26.9. The van der Waals surface area contributed by atoms with Gasteiger partial charge in [0.25, 0.3) is 0 Å². The molecule has 3 heteroatoms. The van der Waals surface area contributed by atoms with Crippen molar-refractivity contribution in [2.75, 3.05) is 9.80 Å². The number of para-hydroxylation sites is 4. The van der Waals surface area contributed by atoms with Gasteiger partial charge in [-0.25, -0.2) is 0 Å². The van der Waals surface area contributed by atoms with E-state index in [-0.39, 0.29) is 5.78 Å². The minimum Gasteiger partial charge on any atom is -0.310 e. The molecule has 0 saturated carbocycles. The normalized spacial score (nSPS) is 11.6. The predicted molar refractivity (Wildman–Crippen MR) is 165 cm³/mol. The van der Waals surface area contributed by atoms with Crippen molar-refractivity contribution < 1.29 is 4.79 Å². The van der Waals surface area contributed by atoms with Crippen LogP contribution in [0.5, 0.6) is 0 Å². The monoisotopic (exact) mass is 514 g/mol. The molecular formula is C37H26N2O. The summed E-state index contributed by atoms with van der Waals surface area (Å²) in [6, 6.07) is 53.7. The molecule has 7 rings (SSSR count). The quantitative estimate of drug-likeness (QED) is 0.221. The van der Waals surface area contributed by atoms with Crippen LogP contribution in [0.3, 0.4) is 0 Å². The smallest absolute Gasteiger partial charge is 0.194 e. The standard InChI is InChI=1S/C37H26N2O/c40-37-33-23-21-31(38(27-13-5-1-6-14-27)28-15-7-2-8-16-28)25-35(33)36-26-32(22-24-34(36)37)39(29-17-9-3-10-18-29)30-19-11-4-12-20-30/h1-26H. The number of fused-ring (bicyclic) bond motifs is 3. The van der Waals surface area contributed by atoms with Gasteiger partial charge in [0, 0.05) is 45.3 Å². The number of carbonyl (C=O) groups excluding carboxylic acids is 1. The Bertz CT molecular complexity index is 1590. The van der Waals surface area contributed by atoms with E-state index >= 15 is 0 Å². The second-order valence-electron chi connectivity index (χ2n) is 9.80. The molecule has 1 aliphatic rings. The highest BCUT2D eigenvalue weighted by Gasteiger charge is 2.29. The Morgan fingerprint density at radius 2 is 0.600 bits per heavy atom. The summed E-state index contributed by atoms with van der Waals surface area (Å²) in [5, 5.41) is 0. The lowest BCUT2D eigenvalue weighted by Gasteiger charge is -2.26. The van der Waals surface area contributed by atoms with E-state index in [0.717, 1.165) is 56.4 Å².